The highest BCUT2D eigenvalue weighted by molar-refractivity contribution is 5.36. The van der Waals surface area contributed by atoms with Crippen LogP contribution in [0.2, 0.25) is 0 Å². The van der Waals surface area contributed by atoms with E-state index in [1.165, 1.54) is 12.1 Å². The summed E-state index contributed by atoms with van der Waals surface area (Å²) in [5.74, 6) is 0.863. The zero-order valence-electron chi connectivity index (χ0n) is 9.46. The first-order valence-corrected chi connectivity index (χ1v) is 5.13. The fourth-order valence-electron chi connectivity index (χ4n) is 1.63. The van der Waals surface area contributed by atoms with E-state index in [-0.39, 0.29) is 11.9 Å². The lowest BCUT2D eigenvalue weighted by molar-refractivity contribution is 0.397. The Kier molecular flexibility index (Phi) is 4.09. The van der Waals surface area contributed by atoms with Crippen LogP contribution in [0.5, 0.6) is 5.75 Å². The van der Waals surface area contributed by atoms with Crippen LogP contribution in [-0.4, -0.2) is 7.11 Å². The molecule has 0 fully saturated rings. The van der Waals surface area contributed by atoms with Gasteiger partial charge in [0.2, 0.25) is 0 Å². The summed E-state index contributed by atoms with van der Waals surface area (Å²) in [5.41, 5.74) is 6.74. The topological polar surface area (TPSA) is 35.2 Å². The van der Waals surface area contributed by atoms with Crippen LogP contribution in [0.15, 0.2) is 18.2 Å². The highest BCUT2D eigenvalue weighted by atomic mass is 19.1. The van der Waals surface area contributed by atoms with Gasteiger partial charge in [0.05, 0.1) is 7.11 Å². The number of halogens is 1. The zero-order chi connectivity index (χ0) is 11.4. The van der Waals surface area contributed by atoms with Crippen molar-refractivity contribution in [3.8, 4) is 5.75 Å². The maximum atomic E-state index is 13.1. The third-order valence-corrected chi connectivity index (χ3v) is 2.32. The second-order valence-corrected chi connectivity index (χ2v) is 4.12. The molecule has 0 aliphatic rings. The number of benzene rings is 1. The van der Waals surface area contributed by atoms with Crippen LogP contribution in [0.4, 0.5) is 4.39 Å². The highest BCUT2D eigenvalue weighted by Crippen LogP contribution is 2.28. The Balaban J connectivity index is 2.94. The third kappa shape index (κ3) is 3.20. The van der Waals surface area contributed by atoms with Crippen LogP contribution in [0, 0.1) is 11.7 Å². The van der Waals surface area contributed by atoms with Gasteiger partial charge in [-0.15, -0.1) is 0 Å². The van der Waals surface area contributed by atoms with Gasteiger partial charge < -0.3 is 10.5 Å². The molecule has 0 saturated carbocycles. The van der Waals surface area contributed by atoms with Gasteiger partial charge in [-0.1, -0.05) is 13.8 Å². The standard InChI is InChI=1S/C12H18FNO/c1-8(2)6-11(14)10-7-9(13)4-5-12(10)15-3/h4-5,7-8,11H,6,14H2,1-3H3. The first-order chi connectivity index (χ1) is 7.04. The average molecular weight is 211 g/mol. The molecule has 0 spiro atoms. The summed E-state index contributed by atoms with van der Waals surface area (Å²) < 4.78 is 18.2. The van der Waals surface area contributed by atoms with Gasteiger partial charge in [0, 0.05) is 11.6 Å². The second kappa shape index (κ2) is 5.12. The lowest BCUT2D eigenvalue weighted by Crippen LogP contribution is -2.14. The molecule has 2 N–H and O–H groups in total. The molecule has 0 amide bonds. The van der Waals surface area contributed by atoms with Crippen molar-refractivity contribution in [3.05, 3.63) is 29.6 Å². The van der Waals surface area contributed by atoms with Crippen molar-refractivity contribution in [1.82, 2.24) is 0 Å². The first kappa shape index (κ1) is 12.0. The number of rotatable bonds is 4. The third-order valence-electron chi connectivity index (χ3n) is 2.32. The van der Waals surface area contributed by atoms with E-state index in [4.69, 9.17) is 10.5 Å². The van der Waals surface area contributed by atoms with Crippen molar-refractivity contribution in [2.24, 2.45) is 11.7 Å². The van der Waals surface area contributed by atoms with E-state index in [1.54, 1.807) is 13.2 Å². The molecule has 0 bridgehead atoms. The molecule has 1 unspecified atom stereocenters. The van der Waals surface area contributed by atoms with Crippen LogP contribution in [0.25, 0.3) is 0 Å². The molecule has 0 aromatic heterocycles. The van der Waals surface area contributed by atoms with Gasteiger partial charge in [-0.2, -0.15) is 0 Å². The summed E-state index contributed by atoms with van der Waals surface area (Å²) in [5, 5.41) is 0. The van der Waals surface area contributed by atoms with Crippen molar-refractivity contribution in [2.75, 3.05) is 7.11 Å². The fourth-order valence-corrected chi connectivity index (χ4v) is 1.63. The molecule has 0 saturated heterocycles. The molecule has 3 heteroatoms. The molecular formula is C12H18FNO. The van der Waals surface area contributed by atoms with E-state index in [2.05, 4.69) is 13.8 Å². The predicted octanol–water partition coefficient (Wildman–Crippen LogP) is 2.88. The molecule has 1 rings (SSSR count). The Morgan fingerprint density at radius 2 is 2.07 bits per heavy atom. The van der Waals surface area contributed by atoms with Gasteiger partial charge in [0.15, 0.2) is 0 Å². The number of methoxy groups -OCH3 is 1. The number of hydrogen-bond acceptors (Lipinski definition) is 2. The molecular weight excluding hydrogens is 193 g/mol. The van der Waals surface area contributed by atoms with Crippen LogP contribution >= 0.6 is 0 Å². The molecule has 1 atom stereocenters. The fraction of sp³-hybridized carbons (Fsp3) is 0.500. The summed E-state index contributed by atoms with van der Waals surface area (Å²) in [6.45, 7) is 4.18. The molecule has 1 aromatic carbocycles. The maximum Gasteiger partial charge on any atom is 0.123 e. The summed E-state index contributed by atoms with van der Waals surface area (Å²) in [4.78, 5) is 0. The summed E-state index contributed by atoms with van der Waals surface area (Å²) >= 11 is 0. The largest absolute Gasteiger partial charge is 0.496 e. The van der Waals surface area contributed by atoms with E-state index < -0.39 is 0 Å². The maximum absolute atomic E-state index is 13.1. The van der Waals surface area contributed by atoms with E-state index >= 15 is 0 Å². The number of hydrogen-bond donors (Lipinski definition) is 1. The zero-order valence-corrected chi connectivity index (χ0v) is 9.46. The summed E-state index contributed by atoms with van der Waals surface area (Å²) in [6, 6.07) is 4.27. The summed E-state index contributed by atoms with van der Waals surface area (Å²) in [6.07, 6.45) is 0.819. The SMILES string of the molecule is COc1ccc(F)cc1C(N)CC(C)C. The van der Waals surface area contributed by atoms with Gasteiger partial charge in [-0.3, -0.25) is 0 Å². The quantitative estimate of drug-likeness (QED) is 0.831. The van der Waals surface area contributed by atoms with Crippen LogP contribution < -0.4 is 10.5 Å². The number of ether oxygens (including phenoxy) is 1. The van der Waals surface area contributed by atoms with Gasteiger partial charge in [-0.25, -0.2) is 4.39 Å². The van der Waals surface area contributed by atoms with Gasteiger partial charge >= 0.3 is 0 Å². The lowest BCUT2D eigenvalue weighted by atomic mass is 9.97. The minimum atomic E-state index is -0.273. The molecule has 0 heterocycles. The Hall–Kier alpha value is -1.09. The first-order valence-electron chi connectivity index (χ1n) is 5.13. The van der Waals surface area contributed by atoms with Gasteiger partial charge in [0.25, 0.3) is 0 Å². The Morgan fingerprint density at radius 1 is 1.40 bits per heavy atom. The van der Waals surface area contributed by atoms with Crippen LogP contribution in [0.3, 0.4) is 0 Å². The molecule has 15 heavy (non-hydrogen) atoms. The smallest absolute Gasteiger partial charge is 0.123 e. The highest BCUT2D eigenvalue weighted by Gasteiger charge is 2.14. The monoisotopic (exact) mass is 211 g/mol. The lowest BCUT2D eigenvalue weighted by Gasteiger charge is -2.17. The van der Waals surface area contributed by atoms with Crippen LogP contribution in [0.1, 0.15) is 31.9 Å². The van der Waals surface area contributed by atoms with Crippen LogP contribution in [-0.2, 0) is 0 Å². The van der Waals surface area contributed by atoms with Crippen molar-refractivity contribution < 1.29 is 9.13 Å². The molecule has 0 radical (unpaired) electrons. The summed E-state index contributed by atoms with van der Waals surface area (Å²) in [7, 11) is 1.57. The van der Waals surface area contributed by atoms with Crippen molar-refractivity contribution in [2.45, 2.75) is 26.3 Å². The van der Waals surface area contributed by atoms with Crippen molar-refractivity contribution in [1.29, 1.82) is 0 Å². The normalized spacial score (nSPS) is 12.9. The van der Waals surface area contributed by atoms with Gasteiger partial charge in [0.1, 0.15) is 11.6 Å². The van der Waals surface area contributed by atoms with Crippen molar-refractivity contribution >= 4 is 0 Å². The molecule has 1 aromatic rings. The minimum absolute atomic E-state index is 0.171. The van der Waals surface area contributed by atoms with E-state index in [1.807, 2.05) is 0 Å². The Labute approximate surface area is 90.2 Å². The molecule has 0 aliphatic carbocycles. The van der Waals surface area contributed by atoms with E-state index in [0.717, 1.165) is 12.0 Å². The molecule has 84 valence electrons. The van der Waals surface area contributed by atoms with Gasteiger partial charge in [-0.05, 0) is 30.5 Å². The predicted molar refractivity (Wildman–Crippen MR) is 59.3 cm³/mol. The second-order valence-electron chi connectivity index (χ2n) is 4.12. The van der Waals surface area contributed by atoms with Crippen molar-refractivity contribution in [3.63, 3.8) is 0 Å². The van der Waals surface area contributed by atoms with E-state index in [9.17, 15) is 4.39 Å². The minimum Gasteiger partial charge on any atom is -0.496 e. The molecule has 2 nitrogen and oxygen atoms in total. The molecule has 0 aliphatic heterocycles. The number of nitrogens with two attached hydrogens (primary N) is 1. The van der Waals surface area contributed by atoms with E-state index in [0.29, 0.717) is 11.7 Å². The Morgan fingerprint density at radius 3 is 2.60 bits per heavy atom. The average Bonchev–Trinajstić information content (AvgIpc) is 2.16. The Bertz CT molecular complexity index is 325.